The number of rotatable bonds is 43. The number of carbonyl (C=O) groups is 5. The molecule has 0 aromatic carbocycles. The first-order valence-electron chi connectivity index (χ1n) is 31.8. The molecular weight excluding hydrogens is 1150 g/mol. The van der Waals surface area contributed by atoms with E-state index >= 15 is 0 Å². The summed E-state index contributed by atoms with van der Waals surface area (Å²) in [6.45, 7) is 49.8. The van der Waals surface area contributed by atoms with Crippen molar-refractivity contribution in [2.75, 3.05) is 120 Å². The lowest BCUT2D eigenvalue weighted by Gasteiger charge is -2.32. The highest BCUT2D eigenvalue weighted by molar-refractivity contribution is 6.62. The number of esters is 1. The van der Waals surface area contributed by atoms with Crippen LogP contribution in [-0.4, -0.2) is 192 Å². The molecule has 0 radical (unpaired) electrons. The van der Waals surface area contributed by atoms with E-state index in [0.29, 0.717) is 96.1 Å². The topological polar surface area (TPSA) is 282 Å². The average Bonchev–Trinajstić information content (AvgIpc) is 3.66. The molecule has 0 rings (SSSR count). The van der Waals surface area contributed by atoms with Gasteiger partial charge in [-0.25, -0.2) is 9.59 Å². The Hall–Kier alpha value is -2.84. The minimum atomic E-state index is -2.67. The smallest absolute Gasteiger partial charge is 0.463 e. The molecule has 0 fully saturated rings. The average molecular weight is 1280 g/mol. The van der Waals surface area contributed by atoms with Gasteiger partial charge in [0.2, 0.25) is 11.8 Å². The molecule has 0 saturated carbocycles. The summed E-state index contributed by atoms with van der Waals surface area (Å²) >= 11 is 0. The Morgan fingerprint density at radius 2 is 0.824 bits per heavy atom. The molecule has 512 valence electrons. The van der Waals surface area contributed by atoms with Crippen LogP contribution in [0.25, 0.3) is 0 Å². The number of hydrogen-bond acceptors (Lipinski definition) is 19. The molecule has 23 nitrogen and oxygen atoms in total. The Labute approximate surface area is 521 Å². The summed E-state index contributed by atoms with van der Waals surface area (Å²) in [6.07, 6.45) is 5.81. The summed E-state index contributed by atoms with van der Waals surface area (Å²) < 4.78 is 66.0. The van der Waals surface area contributed by atoms with E-state index in [4.69, 9.17) is 55.4 Å². The van der Waals surface area contributed by atoms with Gasteiger partial charge in [0.05, 0.1) is 19.1 Å². The molecule has 0 aliphatic carbocycles. The molecule has 6 unspecified atom stereocenters. The Morgan fingerprint density at radius 1 is 0.459 bits per heavy atom. The van der Waals surface area contributed by atoms with Crippen LogP contribution in [-0.2, 0) is 68.4 Å². The Morgan fingerprint density at radius 3 is 1.12 bits per heavy atom. The van der Waals surface area contributed by atoms with Gasteiger partial charge in [-0.3, -0.25) is 14.4 Å². The van der Waals surface area contributed by atoms with Gasteiger partial charge in [-0.05, 0) is 141 Å². The van der Waals surface area contributed by atoms with Gasteiger partial charge in [0, 0.05) is 102 Å². The van der Waals surface area contributed by atoms with Crippen molar-refractivity contribution in [3.8, 4) is 0 Å². The van der Waals surface area contributed by atoms with Gasteiger partial charge in [-0.1, -0.05) is 76.2 Å². The molecule has 26 heteroatoms. The van der Waals surface area contributed by atoms with Gasteiger partial charge in [0.15, 0.2) is 0 Å². The Kier molecular flexibility index (Phi) is 68.9. The predicted molar refractivity (Wildman–Crippen MR) is 346 cm³/mol. The quantitative estimate of drug-likeness (QED) is 0.0164. The molecule has 0 aromatic heterocycles. The Bertz CT molecular complexity index is 1470. The number of nitrogens with two attached hydrogens (primary N) is 1. The van der Waals surface area contributed by atoms with Crippen LogP contribution in [0.3, 0.4) is 0 Å². The lowest BCUT2D eigenvalue weighted by atomic mass is 10.1. The van der Waals surface area contributed by atoms with E-state index in [1.165, 1.54) is 0 Å². The van der Waals surface area contributed by atoms with Crippen molar-refractivity contribution in [1.29, 1.82) is 0 Å². The van der Waals surface area contributed by atoms with Crippen molar-refractivity contribution < 1.29 is 83.1 Å². The largest absolute Gasteiger partial charge is 0.503 e. The monoisotopic (exact) mass is 1280 g/mol. The second kappa shape index (κ2) is 62.8. The van der Waals surface area contributed by atoms with Gasteiger partial charge >= 0.3 is 44.6 Å². The van der Waals surface area contributed by atoms with E-state index in [1.54, 1.807) is 13.8 Å². The van der Waals surface area contributed by atoms with Crippen molar-refractivity contribution in [1.82, 2.24) is 20.9 Å². The van der Waals surface area contributed by atoms with Crippen LogP contribution in [0.4, 0.5) is 9.59 Å². The zero-order chi connectivity index (χ0) is 66.7. The SMILES string of the molecule is CCC(C)C(=O)NCCCN(C)C.CCC(C)C(=O)OCCO.CCC(C)OC(N)=O.CCO[Si](CCCNC(=O)OCCNC(=O)C(C)CC)(OCC)OCC.CCO[Si](OCC)(OCC)C(C)CC.CCO[Si](OCC)(OCC)C(C)CC. The highest BCUT2D eigenvalue weighted by atomic mass is 28.4. The van der Waals surface area contributed by atoms with Gasteiger partial charge in [0.1, 0.15) is 19.3 Å². The van der Waals surface area contributed by atoms with Crippen LogP contribution < -0.4 is 21.7 Å². The number of nitrogens with zero attached hydrogens (tertiary/aromatic N) is 1. The maximum atomic E-state index is 11.7. The fraction of sp³-hybridized carbons (Fsp3) is 0.915. The number of carbonyl (C=O) groups excluding carboxylic acids is 5. The van der Waals surface area contributed by atoms with Crippen molar-refractivity contribution in [2.45, 2.75) is 220 Å². The fourth-order valence-corrected chi connectivity index (χ4v) is 15.0. The van der Waals surface area contributed by atoms with Crippen LogP contribution >= 0.6 is 0 Å². The summed E-state index contributed by atoms with van der Waals surface area (Å²) in [6, 6.07) is 0.633. The summed E-state index contributed by atoms with van der Waals surface area (Å²) in [5, 5.41) is 16.6. The summed E-state index contributed by atoms with van der Waals surface area (Å²) in [7, 11) is -3.39. The molecule has 6 N–H and O–H groups in total. The summed E-state index contributed by atoms with van der Waals surface area (Å²) in [4.78, 5) is 57.4. The first-order chi connectivity index (χ1) is 40.2. The van der Waals surface area contributed by atoms with Crippen molar-refractivity contribution in [3.63, 3.8) is 0 Å². The van der Waals surface area contributed by atoms with Crippen molar-refractivity contribution >= 4 is 56.4 Å². The van der Waals surface area contributed by atoms with Crippen LogP contribution in [0.15, 0.2) is 0 Å². The third kappa shape index (κ3) is 51.7. The molecule has 0 spiro atoms. The maximum absolute atomic E-state index is 11.7. The fourth-order valence-electron chi connectivity index (χ4n) is 6.74. The number of nitrogens with one attached hydrogen (secondary N) is 3. The molecule has 4 amide bonds. The number of aliphatic hydroxyl groups excluding tert-OH is 1. The third-order valence-corrected chi connectivity index (χ3v) is 23.1. The molecule has 0 bridgehead atoms. The van der Waals surface area contributed by atoms with E-state index < -0.39 is 38.6 Å². The van der Waals surface area contributed by atoms with Crippen LogP contribution in [0, 0.1) is 17.8 Å². The van der Waals surface area contributed by atoms with Gasteiger partial charge in [0.25, 0.3) is 0 Å². The van der Waals surface area contributed by atoms with E-state index in [9.17, 15) is 24.0 Å². The summed E-state index contributed by atoms with van der Waals surface area (Å²) in [5.41, 5.74) is 5.46. The Balaban J connectivity index is -0.000000231. The number of primary amides is 1. The molecule has 6 atom stereocenters. The summed E-state index contributed by atoms with van der Waals surface area (Å²) in [5.74, 6) is -0.00132. The second-order valence-electron chi connectivity index (χ2n) is 19.8. The first kappa shape index (κ1) is 93.3. The first-order valence-corrected chi connectivity index (χ1v) is 37.4. The van der Waals surface area contributed by atoms with E-state index in [1.807, 2.05) is 118 Å². The zero-order valence-electron chi connectivity index (χ0n) is 58.1. The molecule has 0 aliphatic rings. The van der Waals surface area contributed by atoms with Gasteiger partial charge < -0.3 is 85.7 Å². The predicted octanol–water partition coefficient (Wildman–Crippen LogP) is 10.5. The molecule has 0 aromatic rings. The molecule has 0 saturated heterocycles. The molecule has 0 aliphatic heterocycles. The number of ether oxygens (including phenoxy) is 3. The lowest BCUT2D eigenvalue weighted by molar-refractivity contribution is -0.149. The number of hydrogen-bond donors (Lipinski definition) is 5. The standard InChI is InChI=1S/C17H36N2O6Si.C10H22N2O.2C10H24O3Si.C7H14O3.C5H11NO2/c1-6-15(5)16(20)18-12-13-22-17(21)19-11-10-14-26(23-7-2,24-8-3)25-9-4;1-5-9(2)10(13)11-7-6-8-12(3)4;2*1-6-10(5)14(11-7-2,12-8-3)13-9-4;1-3-6(2)7(9)10-5-4-8;1-3-4(2)8-5(6)7/h15H,6-14H2,1-5H3,(H,18,20)(H,19,21);9H,5-8H2,1-4H3,(H,11,13);2*10H,6-9H2,1-5H3;6,8H,3-5H2,1-2H3;4H,3H2,1-2H3,(H2,6,7). The minimum Gasteiger partial charge on any atom is -0.463 e. The van der Waals surface area contributed by atoms with Crippen LogP contribution in [0.5, 0.6) is 0 Å². The van der Waals surface area contributed by atoms with Crippen LogP contribution in [0.1, 0.15) is 197 Å². The maximum Gasteiger partial charge on any atom is 0.503 e. The van der Waals surface area contributed by atoms with E-state index in [2.05, 4.69) is 58.0 Å². The number of amides is 4. The minimum absolute atomic E-state index is 0.0272. The highest BCUT2D eigenvalue weighted by Gasteiger charge is 2.46. The van der Waals surface area contributed by atoms with E-state index in [-0.39, 0.29) is 61.5 Å². The molecule has 0 heterocycles. The highest BCUT2D eigenvalue weighted by Crippen LogP contribution is 2.29. The van der Waals surface area contributed by atoms with Crippen LogP contribution in [0.2, 0.25) is 17.1 Å². The van der Waals surface area contributed by atoms with Crippen molar-refractivity contribution in [3.05, 3.63) is 0 Å². The molecular formula is C59H131N5O18Si3. The number of alkyl carbamates (subject to hydrolysis) is 1. The second-order valence-corrected chi connectivity index (χ2v) is 28.6. The normalized spacial score (nSPS) is 13.2. The molecule has 85 heavy (non-hydrogen) atoms. The lowest BCUT2D eigenvalue weighted by Crippen LogP contribution is -2.49. The zero-order valence-corrected chi connectivity index (χ0v) is 61.1. The van der Waals surface area contributed by atoms with Crippen molar-refractivity contribution in [2.24, 2.45) is 23.5 Å². The number of aliphatic hydroxyl groups is 1. The van der Waals surface area contributed by atoms with Gasteiger partial charge in [-0.2, -0.15) is 0 Å². The third-order valence-electron chi connectivity index (χ3n) is 12.6. The van der Waals surface area contributed by atoms with E-state index in [0.717, 1.165) is 58.0 Å². The van der Waals surface area contributed by atoms with Gasteiger partial charge in [-0.15, -0.1) is 0 Å².